The molecule has 0 unspecified atom stereocenters. The first kappa shape index (κ1) is 16.1. The molecular formula is C17H23FN2S. The predicted octanol–water partition coefficient (Wildman–Crippen LogP) is 4.88. The summed E-state index contributed by atoms with van der Waals surface area (Å²) >= 11 is 1.66. The fraction of sp³-hybridized carbons (Fsp3) is 0.471. The van der Waals surface area contributed by atoms with Crippen LogP contribution < -0.4 is 5.32 Å². The van der Waals surface area contributed by atoms with Crippen LogP contribution in [0.4, 0.5) is 4.39 Å². The molecule has 0 saturated carbocycles. The van der Waals surface area contributed by atoms with Crippen LogP contribution in [0.2, 0.25) is 0 Å². The van der Waals surface area contributed by atoms with Crippen LogP contribution in [0.1, 0.15) is 49.7 Å². The molecule has 114 valence electrons. The summed E-state index contributed by atoms with van der Waals surface area (Å²) in [4.78, 5) is 5.99. The van der Waals surface area contributed by atoms with Crippen molar-refractivity contribution in [3.63, 3.8) is 0 Å². The summed E-state index contributed by atoms with van der Waals surface area (Å²) in [6.07, 6.45) is 0. The maximum Gasteiger partial charge on any atom is 0.126 e. The largest absolute Gasteiger partial charge is 0.310 e. The van der Waals surface area contributed by atoms with Crippen LogP contribution in [0.25, 0.3) is 10.6 Å². The third kappa shape index (κ3) is 3.89. The van der Waals surface area contributed by atoms with Gasteiger partial charge in [0.2, 0.25) is 0 Å². The Morgan fingerprint density at radius 1 is 1.24 bits per heavy atom. The Balaban J connectivity index is 2.36. The van der Waals surface area contributed by atoms with E-state index in [2.05, 4.69) is 33.0 Å². The molecular weight excluding hydrogens is 283 g/mol. The Morgan fingerprint density at radius 2 is 1.95 bits per heavy atom. The first-order valence-corrected chi connectivity index (χ1v) is 8.19. The van der Waals surface area contributed by atoms with Gasteiger partial charge in [-0.3, -0.25) is 0 Å². The van der Waals surface area contributed by atoms with Crippen molar-refractivity contribution in [2.75, 3.05) is 0 Å². The Bertz CT molecular complexity index is 617. The second-order valence-electron chi connectivity index (χ2n) is 5.98. The topological polar surface area (TPSA) is 24.9 Å². The smallest absolute Gasteiger partial charge is 0.126 e. The van der Waals surface area contributed by atoms with Gasteiger partial charge in [0.25, 0.3) is 0 Å². The summed E-state index contributed by atoms with van der Waals surface area (Å²) in [7, 11) is 0. The normalized spacial score (nSPS) is 11.6. The van der Waals surface area contributed by atoms with E-state index in [1.54, 1.807) is 24.3 Å². The lowest BCUT2D eigenvalue weighted by atomic mass is 10.1. The van der Waals surface area contributed by atoms with Gasteiger partial charge in [-0.05, 0) is 24.5 Å². The fourth-order valence-electron chi connectivity index (χ4n) is 2.09. The number of halogens is 1. The molecule has 0 fully saturated rings. The lowest BCUT2D eigenvalue weighted by Gasteiger charge is -2.09. The molecule has 0 aliphatic rings. The molecule has 2 aromatic rings. The Labute approximate surface area is 130 Å². The quantitative estimate of drug-likeness (QED) is 0.851. The molecule has 0 aliphatic heterocycles. The molecule has 1 aromatic heterocycles. The third-order valence-corrected chi connectivity index (χ3v) is 4.48. The molecule has 2 rings (SSSR count). The molecule has 1 N–H and O–H groups in total. The lowest BCUT2D eigenvalue weighted by molar-refractivity contribution is 0.588. The average Bonchev–Trinajstić information content (AvgIpc) is 2.84. The summed E-state index contributed by atoms with van der Waals surface area (Å²) in [5.74, 6) is 0.199. The maximum absolute atomic E-state index is 13.7. The highest BCUT2D eigenvalue weighted by Gasteiger charge is 2.16. The van der Waals surface area contributed by atoms with Crippen LogP contribution in [0.5, 0.6) is 0 Å². The van der Waals surface area contributed by atoms with Gasteiger partial charge < -0.3 is 5.32 Å². The Kier molecular flexibility index (Phi) is 5.12. The van der Waals surface area contributed by atoms with Gasteiger partial charge in [-0.1, -0.05) is 39.8 Å². The standard InChI is InChI=1S/C17H23FN2S/c1-10(2)16-15(9-19-11(3)4)21-17(20-16)13-7-6-12(5)14(18)8-13/h6-8,10-11,19H,9H2,1-5H3. The lowest BCUT2D eigenvalue weighted by Crippen LogP contribution is -2.22. The zero-order valence-electron chi connectivity index (χ0n) is 13.3. The first-order valence-electron chi connectivity index (χ1n) is 7.38. The molecule has 21 heavy (non-hydrogen) atoms. The highest BCUT2D eigenvalue weighted by atomic mass is 32.1. The number of nitrogens with one attached hydrogen (secondary N) is 1. The molecule has 4 heteroatoms. The van der Waals surface area contributed by atoms with E-state index in [9.17, 15) is 4.39 Å². The summed E-state index contributed by atoms with van der Waals surface area (Å²) < 4.78 is 13.7. The summed E-state index contributed by atoms with van der Waals surface area (Å²) in [5.41, 5.74) is 2.64. The number of thiazole rings is 1. The number of benzene rings is 1. The third-order valence-electron chi connectivity index (χ3n) is 3.36. The number of hydrogen-bond acceptors (Lipinski definition) is 3. The van der Waals surface area contributed by atoms with Crippen molar-refractivity contribution >= 4 is 11.3 Å². The molecule has 0 amide bonds. The monoisotopic (exact) mass is 306 g/mol. The van der Waals surface area contributed by atoms with Crippen LogP contribution in [-0.2, 0) is 6.54 Å². The summed E-state index contributed by atoms with van der Waals surface area (Å²) in [5, 5.41) is 4.34. The SMILES string of the molecule is Cc1ccc(-c2nc(C(C)C)c(CNC(C)C)s2)cc1F. The van der Waals surface area contributed by atoms with Gasteiger partial charge in [-0.25, -0.2) is 9.37 Å². The van der Waals surface area contributed by atoms with Gasteiger partial charge in [0.1, 0.15) is 10.8 Å². The highest BCUT2D eigenvalue weighted by Crippen LogP contribution is 2.32. The van der Waals surface area contributed by atoms with E-state index in [1.165, 1.54) is 4.88 Å². The zero-order valence-corrected chi connectivity index (χ0v) is 14.1. The minimum atomic E-state index is -0.171. The van der Waals surface area contributed by atoms with Crippen LogP contribution >= 0.6 is 11.3 Å². The molecule has 1 heterocycles. The van der Waals surface area contributed by atoms with Gasteiger partial charge in [0.05, 0.1) is 5.69 Å². The van der Waals surface area contributed by atoms with Crippen molar-refractivity contribution < 1.29 is 4.39 Å². The number of aromatic nitrogens is 1. The minimum absolute atomic E-state index is 0.171. The van der Waals surface area contributed by atoms with Crippen LogP contribution in [0.3, 0.4) is 0 Å². The number of hydrogen-bond donors (Lipinski definition) is 1. The predicted molar refractivity (Wildman–Crippen MR) is 88.3 cm³/mol. The first-order chi connectivity index (χ1) is 9.88. The second-order valence-corrected chi connectivity index (χ2v) is 7.07. The molecule has 0 bridgehead atoms. The number of nitrogens with zero attached hydrogens (tertiary/aromatic N) is 1. The average molecular weight is 306 g/mol. The van der Waals surface area contributed by atoms with Crippen molar-refractivity contribution in [1.29, 1.82) is 0 Å². The van der Waals surface area contributed by atoms with Crippen LogP contribution in [0, 0.1) is 12.7 Å². The summed E-state index contributed by atoms with van der Waals surface area (Å²) in [6, 6.07) is 5.78. The van der Waals surface area contributed by atoms with E-state index in [-0.39, 0.29) is 5.82 Å². The van der Waals surface area contributed by atoms with Gasteiger partial charge in [-0.15, -0.1) is 11.3 Å². The van der Waals surface area contributed by atoms with Gasteiger partial charge in [0, 0.05) is 23.0 Å². The highest BCUT2D eigenvalue weighted by molar-refractivity contribution is 7.15. The Morgan fingerprint density at radius 3 is 2.52 bits per heavy atom. The van der Waals surface area contributed by atoms with E-state index in [4.69, 9.17) is 4.98 Å². The molecule has 2 nitrogen and oxygen atoms in total. The van der Waals surface area contributed by atoms with Crippen molar-refractivity contribution in [3.05, 3.63) is 40.2 Å². The fourth-order valence-corrected chi connectivity index (χ4v) is 3.25. The van der Waals surface area contributed by atoms with E-state index >= 15 is 0 Å². The van der Waals surface area contributed by atoms with Crippen molar-refractivity contribution in [2.45, 2.75) is 53.1 Å². The van der Waals surface area contributed by atoms with Gasteiger partial charge in [0.15, 0.2) is 0 Å². The van der Waals surface area contributed by atoms with Crippen LogP contribution in [-0.4, -0.2) is 11.0 Å². The molecule has 0 saturated heterocycles. The number of rotatable bonds is 5. The molecule has 0 spiro atoms. The minimum Gasteiger partial charge on any atom is -0.310 e. The van der Waals surface area contributed by atoms with Gasteiger partial charge >= 0.3 is 0 Å². The van der Waals surface area contributed by atoms with Crippen molar-refractivity contribution in [3.8, 4) is 10.6 Å². The molecule has 0 atom stereocenters. The van der Waals surface area contributed by atoms with Crippen molar-refractivity contribution in [1.82, 2.24) is 10.3 Å². The van der Waals surface area contributed by atoms with Crippen LogP contribution in [0.15, 0.2) is 18.2 Å². The molecule has 0 radical (unpaired) electrons. The van der Waals surface area contributed by atoms with E-state index < -0.39 is 0 Å². The maximum atomic E-state index is 13.7. The van der Waals surface area contributed by atoms with Gasteiger partial charge in [-0.2, -0.15) is 0 Å². The van der Waals surface area contributed by atoms with Crippen molar-refractivity contribution in [2.24, 2.45) is 0 Å². The van der Waals surface area contributed by atoms with E-state index in [0.717, 1.165) is 22.8 Å². The molecule has 1 aromatic carbocycles. The molecule has 0 aliphatic carbocycles. The Hall–Kier alpha value is -1.26. The van der Waals surface area contributed by atoms with E-state index in [1.807, 2.05) is 12.1 Å². The van der Waals surface area contributed by atoms with E-state index in [0.29, 0.717) is 17.5 Å². The number of aryl methyl sites for hydroxylation is 1. The zero-order chi connectivity index (χ0) is 15.6. The summed E-state index contributed by atoms with van der Waals surface area (Å²) in [6.45, 7) is 11.1. The second kappa shape index (κ2) is 6.67.